The van der Waals surface area contributed by atoms with E-state index in [0.717, 1.165) is 5.54 Å². The molecule has 0 radical (unpaired) electrons. The number of rotatable bonds is 1. The number of hydrogen-bond acceptors (Lipinski definition) is 0. The van der Waals surface area contributed by atoms with Gasteiger partial charge >= 0.3 is 0 Å². The van der Waals surface area contributed by atoms with Gasteiger partial charge in [0.15, 0.2) is 0 Å². The molecule has 0 spiro atoms. The number of allylic oxidation sites excluding steroid dienone is 2. The van der Waals surface area contributed by atoms with E-state index in [9.17, 15) is 0 Å². The summed E-state index contributed by atoms with van der Waals surface area (Å²) in [7, 11) is -0.808. The summed E-state index contributed by atoms with van der Waals surface area (Å²) in [6.07, 6.45) is 8.83. The molecule has 0 aliphatic heterocycles. The van der Waals surface area contributed by atoms with E-state index in [1.807, 2.05) is 0 Å². The Morgan fingerprint density at radius 1 is 1.20 bits per heavy atom. The van der Waals surface area contributed by atoms with Crippen LogP contribution in [0.4, 0.5) is 0 Å². The molecule has 1 rings (SSSR count). The summed E-state index contributed by atoms with van der Waals surface area (Å²) >= 11 is 0. The summed E-state index contributed by atoms with van der Waals surface area (Å²) in [5, 5.41) is 0. The van der Waals surface area contributed by atoms with E-state index in [1.165, 1.54) is 19.3 Å². The molecule has 0 heterocycles. The lowest BCUT2D eigenvalue weighted by Crippen LogP contribution is -2.28. The Kier molecular flexibility index (Phi) is 2.35. The molecule has 1 aliphatic rings. The van der Waals surface area contributed by atoms with Crippen LogP contribution in [0.2, 0.25) is 25.2 Å². The fraction of sp³-hybridized carbons (Fsp3) is 0.778. The SMILES string of the molecule is C[Si](C)(C)[C@@H]1CC=CCC1. The van der Waals surface area contributed by atoms with Crippen molar-refractivity contribution in [3.8, 4) is 0 Å². The topological polar surface area (TPSA) is 0 Å². The molecular formula is C9H18Si. The van der Waals surface area contributed by atoms with E-state index >= 15 is 0 Å². The first-order chi connectivity index (χ1) is 4.61. The summed E-state index contributed by atoms with van der Waals surface area (Å²) in [6.45, 7) is 7.45. The van der Waals surface area contributed by atoms with Gasteiger partial charge in [-0.3, -0.25) is 0 Å². The molecule has 0 N–H and O–H groups in total. The van der Waals surface area contributed by atoms with Crippen LogP contribution < -0.4 is 0 Å². The third-order valence-electron chi connectivity index (χ3n) is 2.49. The molecule has 1 aliphatic carbocycles. The Morgan fingerprint density at radius 3 is 2.20 bits per heavy atom. The van der Waals surface area contributed by atoms with Gasteiger partial charge in [0, 0.05) is 8.07 Å². The maximum Gasteiger partial charge on any atom is 0.0476 e. The Hall–Kier alpha value is -0.0431. The summed E-state index contributed by atoms with van der Waals surface area (Å²) < 4.78 is 0. The average molecular weight is 154 g/mol. The first-order valence-corrected chi connectivity index (χ1v) is 7.83. The van der Waals surface area contributed by atoms with Gasteiger partial charge in [-0.15, -0.1) is 0 Å². The molecule has 0 aromatic rings. The molecule has 10 heavy (non-hydrogen) atoms. The predicted molar refractivity (Wildman–Crippen MR) is 50.1 cm³/mol. The van der Waals surface area contributed by atoms with Gasteiger partial charge in [-0.2, -0.15) is 0 Å². The van der Waals surface area contributed by atoms with Gasteiger partial charge in [0.2, 0.25) is 0 Å². The van der Waals surface area contributed by atoms with E-state index in [4.69, 9.17) is 0 Å². The van der Waals surface area contributed by atoms with Gasteiger partial charge < -0.3 is 0 Å². The molecule has 1 heteroatoms. The average Bonchev–Trinajstić information content (AvgIpc) is 1.88. The van der Waals surface area contributed by atoms with Gasteiger partial charge in [0.05, 0.1) is 0 Å². The van der Waals surface area contributed by atoms with Crippen LogP contribution >= 0.6 is 0 Å². The van der Waals surface area contributed by atoms with Gasteiger partial charge in [-0.25, -0.2) is 0 Å². The first kappa shape index (κ1) is 8.06. The van der Waals surface area contributed by atoms with E-state index < -0.39 is 8.07 Å². The van der Waals surface area contributed by atoms with Crippen LogP contribution in [0.1, 0.15) is 19.3 Å². The van der Waals surface area contributed by atoms with Crippen LogP contribution in [0.5, 0.6) is 0 Å². The van der Waals surface area contributed by atoms with Gasteiger partial charge in [-0.1, -0.05) is 31.8 Å². The van der Waals surface area contributed by atoms with Crippen molar-refractivity contribution in [2.24, 2.45) is 0 Å². The molecule has 0 unspecified atom stereocenters. The highest BCUT2D eigenvalue weighted by molar-refractivity contribution is 6.77. The van der Waals surface area contributed by atoms with Crippen molar-refractivity contribution < 1.29 is 0 Å². The normalized spacial score (nSPS) is 26.9. The smallest absolute Gasteiger partial charge is 0.0476 e. The third-order valence-corrected chi connectivity index (χ3v) is 5.47. The van der Waals surface area contributed by atoms with Crippen molar-refractivity contribution in [1.82, 2.24) is 0 Å². The molecule has 0 nitrogen and oxygen atoms in total. The zero-order chi connectivity index (χ0) is 7.61. The van der Waals surface area contributed by atoms with Crippen molar-refractivity contribution in [3.05, 3.63) is 12.2 Å². The monoisotopic (exact) mass is 154 g/mol. The van der Waals surface area contributed by atoms with Crippen molar-refractivity contribution in [3.63, 3.8) is 0 Å². The van der Waals surface area contributed by atoms with E-state index in [2.05, 4.69) is 31.8 Å². The highest BCUT2D eigenvalue weighted by Crippen LogP contribution is 2.33. The summed E-state index contributed by atoms with van der Waals surface area (Å²) in [5.74, 6) is 0. The second-order valence-corrected chi connectivity index (χ2v) is 9.90. The zero-order valence-electron chi connectivity index (χ0n) is 7.35. The van der Waals surface area contributed by atoms with Crippen LogP contribution in [-0.4, -0.2) is 8.07 Å². The van der Waals surface area contributed by atoms with Crippen LogP contribution in [0, 0.1) is 0 Å². The van der Waals surface area contributed by atoms with Crippen molar-refractivity contribution in [2.45, 2.75) is 44.4 Å². The van der Waals surface area contributed by atoms with Crippen LogP contribution in [0.15, 0.2) is 12.2 Å². The third kappa shape index (κ3) is 1.98. The second-order valence-electron chi connectivity index (χ2n) is 4.35. The van der Waals surface area contributed by atoms with Gasteiger partial charge in [-0.05, 0) is 24.8 Å². The fourth-order valence-corrected chi connectivity index (χ4v) is 3.46. The van der Waals surface area contributed by atoms with Crippen LogP contribution in [0.25, 0.3) is 0 Å². The minimum absolute atomic E-state index is 0.808. The highest BCUT2D eigenvalue weighted by Gasteiger charge is 2.25. The second kappa shape index (κ2) is 2.91. The number of hydrogen-bond donors (Lipinski definition) is 0. The maximum atomic E-state index is 2.48. The van der Waals surface area contributed by atoms with Crippen LogP contribution in [0.3, 0.4) is 0 Å². The van der Waals surface area contributed by atoms with Crippen LogP contribution in [-0.2, 0) is 0 Å². The molecule has 0 bridgehead atoms. The zero-order valence-corrected chi connectivity index (χ0v) is 8.35. The fourth-order valence-electron chi connectivity index (χ4n) is 1.58. The molecule has 0 aromatic heterocycles. The predicted octanol–water partition coefficient (Wildman–Crippen LogP) is 3.43. The lowest BCUT2D eigenvalue weighted by Gasteiger charge is -2.29. The maximum absolute atomic E-state index is 2.48. The lowest BCUT2D eigenvalue weighted by atomic mass is 10.1. The molecule has 0 amide bonds. The molecule has 1 atom stereocenters. The standard InChI is InChI=1S/C9H18Si/c1-10(2,3)9-7-5-4-6-8-9/h4-5,9H,6-8H2,1-3H3/t9-/m1/s1. The van der Waals surface area contributed by atoms with E-state index in [-0.39, 0.29) is 0 Å². The molecule has 0 aromatic carbocycles. The minimum atomic E-state index is -0.808. The molecule has 58 valence electrons. The van der Waals surface area contributed by atoms with E-state index in [0.29, 0.717) is 0 Å². The van der Waals surface area contributed by atoms with Gasteiger partial charge in [0.25, 0.3) is 0 Å². The van der Waals surface area contributed by atoms with E-state index in [1.54, 1.807) is 0 Å². The Bertz CT molecular complexity index is 130. The quantitative estimate of drug-likeness (QED) is 0.401. The lowest BCUT2D eigenvalue weighted by molar-refractivity contribution is 0.703. The van der Waals surface area contributed by atoms with Gasteiger partial charge in [0.1, 0.15) is 0 Å². The minimum Gasteiger partial charge on any atom is -0.0885 e. The molecule has 0 fully saturated rings. The molecule has 0 saturated heterocycles. The Morgan fingerprint density at radius 2 is 1.90 bits per heavy atom. The Labute approximate surface area is 65.3 Å². The molecular weight excluding hydrogens is 136 g/mol. The first-order valence-electron chi connectivity index (χ1n) is 4.26. The van der Waals surface area contributed by atoms with Crippen molar-refractivity contribution in [2.75, 3.05) is 0 Å². The van der Waals surface area contributed by atoms with Crippen molar-refractivity contribution in [1.29, 1.82) is 0 Å². The highest BCUT2D eigenvalue weighted by atomic mass is 28.3. The largest absolute Gasteiger partial charge is 0.0885 e. The summed E-state index contributed by atoms with van der Waals surface area (Å²) in [6, 6.07) is 0. The summed E-state index contributed by atoms with van der Waals surface area (Å²) in [4.78, 5) is 0. The molecule has 0 saturated carbocycles. The Balaban J connectivity index is 2.49. The summed E-state index contributed by atoms with van der Waals surface area (Å²) in [5.41, 5.74) is 1.05. The van der Waals surface area contributed by atoms with Crippen molar-refractivity contribution >= 4 is 8.07 Å².